The highest BCUT2D eigenvalue weighted by molar-refractivity contribution is 5.15. The van der Waals surface area contributed by atoms with Crippen LogP contribution in [0.25, 0.3) is 0 Å². The minimum Gasteiger partial charge on any atom is -0.373 e. The molecule has 1 atom stereocenters. The molecule has 0 aromatic carbocycles. The van der Waals surface area contributed by atoms with E-state index in [1.807, 2.05) is 25.4 Å². The predicted octanol–water partition coefficient (Wildman–Crippen LogP) is 2.64. The van der Waals surface area contributed by atoms with Crippen molar-refractivity contribution < 1.29 is 14.0 Å². The molecule has 2 fully saturated rings. The van der Waals surface area contributed by atoms with Crippen molar-refractivity contribution >= 4 is 0 Å². The number of aryl methyl sites for hydroxylation is 2. The van der Waals surface area contributed by atoms with Gasteiger partial charge in [0.15, 0.2) is 0 Å². The van der Waals surface area contributed by atoms with Gasteiger partial charge in [-0.25, -0.2) is 0 Å². The highest BCUT2D eigenvalue weighted by Crippen LogP contribution is 2.36. The molecule has 2 aromatic rings. The number of rotatable bonds is 5. The predicted molar refractivity (Wildman–Crippen MR) is 92.0 cm³/mol. The van der Waals surface area contributed by atoms with Gasteiger partial charge in [-0.1, -0.05) is 11.2 Å². The molecule has 0 radical (unpaired) electrons. The van der Waals surface area contributed by atoms with Crippen LogP contribution in [0.5, 0.6) is 0 Å². The normalized spacial score (nSPS) is 22.9. The van der Waals surface area contributed by atoms with Crippen molar-refractivity contribution in [3.05, 3.63) is 47.1 Å². The maximum Gasteiger partial charge on any atom is 0.133 e. The van der Waals surface area contributed by atoms with Gasteiger partial charge in [0.05, 0.1) is 24.0 Å². The van der Waals surface area contributed by atoms with Crippen LogP contribution in [0.15, 0.2) is 29.0 Å². The van der Waals surface area contributed by atoms with E-state index in [9.17, 15) is 0 Å². The van der Waals surface area contributed by atoms with Crippen LogP contribution in [0, 0.1) is 13.8 Å². The van der Waals surface area contributed by atoms with Crippen LogP contribution in [0.2, 0.25) is 0 Å². The first kappa shape index (κ1) is 16.7. The summed E-state index contributed by atoms with van der Waals surface area (Å²) in [5, 5.41) is 4.07. The van der Waals surface area contributed by atoms with Gasteiger partial charge in [0, 0.05) is 51.1 Å². The monoisotopic (exact) mass is 343 g/mol. The number of hydrogen-bond acceptors (Lipinski definition) is 6. The molecule has 2 aliphatic rings. The molecule has 1 unspecified atom stereocenters. The van der Waals surface area contributed by atoms with Gasteiger partial charge >= 0.3 is 0 Å². The van der Waals surface area contributed by atoms with Gasteiger partial charge < -0.3 is 14.0 Å². The van der Waals surface area contributed by atoms with Gasteiger partial charge in [-0.3, -0.25) is 9.88 Å². The lowest BCUT2D eigenvalue weighted by atomic mass is 9.84. The van der Waals surface area contributed by atoms with Gasteiger partial charge in [0.2, 0.25) is 0 Å². The van der Waals surface area contributed by atoms with Crippen LogP contribution in [0.4, 0.5) is 0 Å². The van der Waals surface area contributed by atoms with Crippen LogP contribution in [0.1, 0.15) is 35.4 Å². The van der Waals surface area contributed by atoms with E-state index >= 15 is 0 Å². The fourth-order valence-electron chi connectivity index (χ4n) is 3.86. The summed E-state index contributed by atoms with van der Waals surface area (Å²) in [5.41, 5.74) is 3.24. The van der Waals surface area contributed by atoms with Crippen molar-refractivity contribution in [1.82, 2.24) is 15.0 Å². The molecule has 0 N–H and O–H groups in total. The van der Waals surface area contributed by atoms with E-state index in [1.165, 1.54) is 5.56 Å². The van der Waals surface area contributed by atoms with Crippen LogP contribution in [-0.2, 0) is 22.6 Å². The molecule has 25 heavy (non-hydrogen) atoms. The Labute approximate surface area is 148 Å². The highest BCUT2D eigenvalue weighted by Gasteiger charge is 2.47. The molecule has 2 aliphatic heterocycles. The van der Waals surface area contributed by atoms with E-state index in [1.54, 1.807) is 0 Å². The molecule has 134 valence electrons. The molecule has 0 aliphatic carbocycles. The maximum absolute atomic E-state index is 6.15. The molecule has 2 aromatic heterocycles. The van der Waals surface area contributed by atoms with Gasteiger partial charge in [-0.05, 0) is 31.4 Å². The Morgan fingerprint density at radius 3 is 2.92 bits per heavy atom. The van der Waals surface area contributed by atoms with Crippen molar-refractivity contribution in [2.45, 2.75) is 51.5 Å². The van der Waals surface area contributed by atoms with Gasteiger partial charge in [-0.2, -0.15) is 0 Å². The zero-order valence-electron chi connectivity index (χ0n) is 14.9. The molecular weight excluding hydrogens is 318 g/mol. The summed E-state index contributed by atoms with van der Waals surface area (Å²) in [6.45, 7) is 8.06. The summed E-state index contributed by atoms with van der Waals surface area (Å²) in [7, 11) is 0. The SMILES string of the molecule is Cc1cncc(COC2CCOC3(C2)CN(Cc2cc(C)on2)C3)c1. The minimum absolute atomic E-state index is 0.0491. The van der Waals surface area contributed by atoms with E-state index in [4.69, 9.17) is 14.0 Å². The minimum atomic E-state index is -0.0491. The Balaban J connectivity index is 1.27. The Bertz CT molecular complexity index is 724. The molecule has 4 heterocycles. The summed E-state index contributed by atoms with van der Waals surface area (Å²) in [6.07, 6.45) is 5.93. The van der Waals surface area contributed by atoms with E-state index in [0.29, 0.717) is 6.61 Å². The fraction of sp³-hybridized carbons (Fsp3) is 0.579. The molecular formula is C19H25N3O3. The van der Waals surface area contributed by atoms with Crippen LogP contribution in [-0.4, -0.2) is 46.4 Å². The number of likely N-dealkylation sites (tertiary alicyclic amines) is 1. The standard InChI is InChI=1S/C19H25N3O3/c1-14-5-16(9-20-8-14)11-23-18-3-4-24-19(7-18)12-22(13-19)10-17-6-15(2)25-21-17/h5-6,8-9,18H,3-4,7,10-13H2,1-2H3. The van der Waals surface area contributed by atoms with Crippen molar-refractivity contribution in [3.63, 3.8) is 0 Å². The third-order valence-electron chi connectivity index (χ3n) is 4.95. The van der Waals surface area contributed by atoms with Crippen molar-refractivity contribution in [2.24, 2.45) is 0 Å². The summed E-state index contributed by atoms with van der Waals surface area (Å²) in [4.78, 5) is 6.58. The van der Waals surface area contributed by atoms with Crippen molar-refractivity contribution in [2.75, 3.05) is 19.7 Å². The first-order chi connectivity index (χ1) is 12.1. The molecule has 4 rings (SSSR count). The smallest absolute Gasteiger partial charge is 0.133 e. The highest BCUT2D eigenvalue weighted by atomic mass is 16.5. The largest absolute Gasteiger partial charge is 0.373 e. The molecule has 0 bridgehead atoms. The average Bonchev–Trinajstić information content (AvgIpc) is 2.97. The second-order valence-corrected chi connectivity index (χ2v) is 7.40. The lowest BCUT2D eigenvalue weighted by molar-refractivity contribution is -0.200. The van der Waals surface area contributed by atoms with E-state index in [2.05, 4.69) is 28.0 Å². The molecule has 1 spiro atoms. The summed E-state index contributed by atoms with van der Waals surface area (Å²) < 4.78 is 17.4. The zero-order chi connectivity index (χ0) is 17.3. The fourth-order valence-corrected chi connectivity index (χ4v) is 3.86. The van der Waals surface area contributed by atoms with Crippen molar-refractivity contribution in [1.29, 1.82) is 0 Å². The molecule has 0 amide bonds. The Morgan fingerprint density at radius 1 is 1.28 bits per heavy atom. The number of hydrogen-bond donors (Lipinski definition) is 0. The number of ether oxygens (including phenoxy) is 2. The molecule has 6 heteroatoms. The first-order valence-corrected chi connectivity index (χ1v) is 8.91. The zero-order valence-corrected chi connectivity index (χ0v) is 14.9. The Morgan fingerprint density at radius 2 is 2.16 bits per heavy atom. The average molecular weight is 343 g/mol. The second kappa shape index (κ2) is 6.86. The lowest BCUT2D eigenvalue weighted by Gasteiger charge is -2.53. The lowest BCUT2D eigenvalue weighted by Crippen LogP contribution is -2.65. The third kappa shape index (κ3) is 3.92. The Kier molecular flexibility index (Phi) is 4.58. The maximum atomic E-state index is 6.15. The Hall–Kier alpha value is -1.76. The van der Waals surface area contributed by atoms with Gasteiger partial charge in [0.25, 0.3) is 0 Å². The van der Waals surface area contributed by atoms with E-state index in [-0.39, 0.29) is 11.7 Å². The van der Waals surface area contributed by atoms with E-state index in [0.717, 1.165) is 56.1 Å². The summed E-state index contributed by atoms with van der Waals surface area (Å²) in [6, 6.07) is 4.13. The van der Waals surface area contributed by atoms with Crippen LogP contribution >= 0.6 is 0 Å². The molecule has 2 saturated heterocycles. The number of nitrogens with zero attached hydrogens (tertiary/aromatic N) is 3. The van der Waals surface area contributed by atoms with Gasteiger partial charge in [-0.15, -0.1) is 0 Å². The topological polar surface area (TPSA) is 60.6 Å². The first-order valence-electron chi connectivity index (χ1n) is 8.91. The summed E-state index contributed by atoms with van der Waals surface area (Å²) >= 11 is 0. The van der Waals surface area contributed by atoms with Crippen LogP contribution < -0.4 is 0 Å². The quantitative estimate of drug-likeness (QED) is 0.832. The summed E-state index contributed by atoms with van der Waals surface area (Å²) in [5.74, 6) is 0.859. The van der Waals surface area contributed by atoms with Gasteiger partial charge in [0.1, 0.15) is 5.76 Å². The third-order valence-corrected chi connectivity index (χ3v) is 4.95. The second-order valence-electron chi connectivity index (χ2n) is 7.40. The molecule has 0 saturated carbocycles. The van der Waals surface area contributed by atoms with Crippen molar-refractivity contribution in [3.8, 4) is 0 Å². The number of aromatic nitrogens is 2. The number of pyridine rings is 1. The van der Waals surface area contributed by atoms with Crippen LogP contribution in [0.3, 0.4) is 0 Å². The molecule has 6 nitrogen and oxygen atoms in total. The van der Waals surface area contributed by atoms with E-state index < -0.39 is 0 Å².